The van der Waals surface area contributed by atoms with Gasteiger partial charge in [0.15, 0.2) is 0 Å². The summed E-state index contributed by atoms with van der Waals surface area (Å²) in [6.07, 6.45) is 6.22. The lowest BCUT2D eigenvalue weighted by Gasteiger charge is -2.09. The van der Waals surface area contributed by atoms with E-state index in [0.29, 0.717) is 12.6 Å². The highest BCUT2D eigenvalue weighted by Gasteiger charge is 2.20. The van der Waals surface area contributed by atoms with Crippen LogP contribution < -0.4 is 5.32 Å². The van der Waals surface area contributed by atoms with Crippen LogP contribution >= 0.6 is 0 Å². The third-order valence-electron chi connectivity index (χ3n) is 3.19. The largest absolute Gasteiger partial charge is 0.329 e. The normalized spacial score (nSPS) is 14.9. The van der Waals surface area contributed by atoms with Crippen molar-refractivity contribution in [1.29, 1.82) is 0 Å². The van der Waals surface area contributed by atoms with Crippen LogP contribution in [0.4, 0.5) is 4.39 Å². The number of rotatable bonds is 5. The fourth-order valence-electron chi connectivity index (χ4n) is 2.01. The lowest BCUT2D eigenvalue weighted by molar-refractivity contribution is 0.616. The van der Waals surface area contributed by atoms with E-state index in [1.165, 1.54) is 18.9 Å². The van der Waals surface area contributed by atoms with Gasteiger partial charge < -0.3 is 9.88 Å². The highest BCUT2D eigenvalue weighted by Crippen LogP contribution is 2.19. The standard InChI is InChI=1S/C14H16FN3/c15-12-3-1-2-11(6-12)9-18-10-16-7-14(18)8-17-13-4-5-13/h1-3,6-7,10,13,17H,4-5,8-9H2. The van der Waals surface area contributed by atoms with Crippen molar-refractivity contribution in [2.24, 2.45) is 0 Å². The Bertz CT molecular complexity index is 531. The fraction of sp³-hybridized carbons (Fsp3) is 0.357. The van der Waals surface area contributed by atoms with E-state index in [1.807, 2.05) is 12.3 Å². The molecule has 0 atom stereocenters. The van der Waals surface area contributed by atoms with Crippen molar-refractivity contribution in [3.8, 4) is 0 Å². The third kappa shape index (κ3) is 2.76. The summed E-state index contributed by atoms with van der Waals surface area (Å²) in [7, 11) is 0. The molecule has 1 fully saturated rings. The maximum atomic E-state index is 13.1. The first-order valence-corrected chi connectivity index (χ1v) is 6.28. The van der Waals surface area contributed by atoms with Crippen molar-refractivity contribution in [3.05, 3.63) is 53.9 Å². The van der Waals surface area contributed by atoms with E-state index >= 15 is 0 Å². The van der Waals surface area contributed by atoms with Gasteiger partial charge in [0.2, 0.25) is 0 Å². The quantitative estimate of drug-likeness (QED) is 0.876. The van der Waals surface area contributed by atoms with Crippen molar-refractivity contribution in [1.82, 2.24) is 14.9 Å². The Kier molecular flexibility index (Phi) is 3.11. The molecule has 1 aliphatic rings. The summed E-state index contributed by atoms with van der Waals surface area (Å²) in [5, 5.41) is 3.46. The number of hydrogen-bond acceptors (Lipinski definition) is 2. The molecule has 0 bridgehead atoms. The molecule has 0 saturated heterocycles. The first-order valence-electron chi connectivity index (χ1n) is 6.28. The zero-order valence-electron chi connectivity index (χ0n) is 10.1. The fourth-order valence-corrected chi connectivity index (χ4v) is 2.01. The summed E-state index contributed by atoms with van der Waals surface area (Å²) < 4.78 is 15.2. The van der Waals surface area contributed by atoms with E-state index in [9.17, 15) is 4.39 Å². The molecule has 2 aromatic rings. The minimum Gasteiger partial charge on any atom is -0.329 e. The molecule has 1 aliphatic carbocycles. The number of halogens is 1. The molecule has 1 saturated carbocycles. The molecule has 3 nitrogen and oxygen atoms in total. The molecule has 0 amide bonds. The monoisotopic (exact) mass is 245 g/mol. The molecule has 0 radical (unpaired) electrons. The highest BCUT2D eigenvalue weighted by atomic mass is 19.1. The van der Waals surface area contributed by atoms with Crippen LogP contribution in [0.2, 0.25) is 0 Å². The Balaban J connectivity index is 1.69. The average molecular weight is 245 g/mol. The van der Waals surface area contributed by atoms with Gasteiger partial charge in [0, 0.05) is 25.3 Å². The van der Waals surface area contributed by atoms with Gasteiger partial charge in [-0.05, 0) is 30.5 Å². The Labute approximate surface area is 106 Å². The van der Waals surface area contributed by atoms with Crippen molar-refractivity contribution in [2.75, 3.05) is 0 Å². The third-order valence-corrected chi connectivity index (χ3v) is 3.19. The molecule has 1 aromatic carbocycles. The first-order chi connectivity index (χ1) is 8.81. The van der Waals surface area contributed by atoms with Crippen LogP contribution in [0.5, 0.6) is 0 Å². The molecule has 18 heavy (non-hydrogen) atoms. The van der Waals surface area contributed by atoms with E-state index in [4.69, 9.17) is 0 Å². The Morgan fingerprint density at radius 2 is 2.28 bits per heavy atom. The summed E-state index contributed by atoms with van der Waals surface area (Å²) >= 11 is 0. The topological polar surface area (TPSA) is 29.9 Å². The molecule has 1 aromatic heterocycles. The molecule has 0 unspecified atom stereocenters. The first kappa shape index (κ1) is 11.4. The molecule has 1 N–H and O–H groups in total. The summed E-state index contributed by atoms with van der Waals surface area (Å²) in [6, 6.07) is 7.39. The van der Waals surface area contributed by atoms with Crippen molar-refractivity contribution < 1.29 is 4.39 Å². The SMILES string of the molecule is Fc1cccc(Cn2cncc2CNC2CC2)c1. The number of hydrogen-bond donors (Lipinski definition) is 1. The van der Waals surface area contributed by atoms with Gasteiger partial charge in [-0.3, -0.25) is 0 Å². The second-order valence-corrected chi connectivity index (χ2v) is 4.80. The molecule has 94 valence electrons. The van der Waals surface area contributed by atoms with Gasteiger partial charge in [-0.25, -0.2) is 9.37 Å². The summed E-state index contributed by atoms with van der Waals surface area (Å²) in [5.74, 6) is -0.190. The average Bonchev–Trinajstić information content (AvgIpc) is 3.08. The molecular formula is C14H16FN3. The minimum atomic E-state index is -0.190. The number of nitrogens with one attached hydrogen (secondary N) is 1. The van der Waals surface area contributed by atoms with Gasteiger partial charge in [0.05, 0.1) is 12.0 Å². The lowest BCUT2D eigenvalue weighted by Crippen LogP contribution is -2.18. The van der Waals surface area contributed by atoms with Gasteiger partial charge in [0.25, 0.3) is 0 Å². The predicted molar refractivity (Wildman–Crippen MR) is 67.6 cm³/mol. The van der Waals surface area contributed by atoms with Gasteiger partial charge in [-0.15, -0.1) is 0 Å². The van der Waals surface area contributed by atoms with Gasteiger partial charge in [-0.2, -0.15) is 0 Å². The number of aromatic nitrogens is 2. The van der Waals surface area contributed by atoms with E-state index in [1.54, 1.807) is 18.5 Å². The van der Waals surface area contributed by atoms with Crippen LogP contribution in [0.15, 0.2) is 36.8 Å². The van der Waals surface area contributed by atoms with Crippen LogP contribution in [-0.2, 0) is 13.1 Å². The Morgan fingerprint density at radius 1 is 1.39 bits per heavy atom. The predicted octanol–water partition coefficient (Wildman–Crippen LogP) is 2.32. The van der Waals surface area contributed by atoms with Crippen molar-refractivity contribution in [2.45, 2.75) is 32.0 Å². The van der Waals surface area contributed by atoms with Crippen LogP contribution in [0, 0.1) is 5.82 Å². The van der Waals surface area contributed by atoms with Crippen molar-refractivity contribution >= 4 is 0 Å². The summed E-state index contributed by atoms with van der Waals surface area (Å²) in [6.45, 7) is 1.50. The minimum absolute atomic E-state index is 0.190. The maximum absolute atomic E-state index is 13.1. The zero-order valence-corrected chi connectivity index (χ0v) is 10.1. The number of imidazole rings is 1. The number of nitrogens with zero attached hydrogens (tertiary/aromatic N) is 2. The molecule has 0 aliphatic heterocycles. The van der Waals surface area contributed by atoms with E-state index in [0.717, 1.165) is 17.8 Å². The molecule has 1 heterocycles. The van der Waals surface area contributed by atoms with Gasteiger partial charge in [-0.1, -0.05) is 12.1 Å². The zero-order chi connectivity index (χ0) is 12.4. The Hall–Kier alpha value is -1.68. The summed E-state index contributed by atoms with van der Waals surface area (Å²) in [5.41, 5.74) is 2.10. The van der Waals surface area contributed by atoms with E-state index in [2.05, 4.69) is 14.9 Å². The van der Waals surface area contributed by atoms with Gasteiger partial charge in [0.1, 0.15) is 5.82 Å². The molecule has 4 heteroatoms. The lowest BCUT2D eigenvalue weighted by atomic mass is 10.2. The molecule has 3 rings (SSSR count). The van der Waals surface area contributed by atoms with Gasteiger partial charge >= 0.3 is 0 Å². The van der Waals surface area contributed by atoms with Crippen LogP contribution in [0.3, 0.4) is 0 Å². The van der Waals surface area contributed by atoms with Crippen LogP contribution in [0.25, 0.3) is 0 Å². The van der Waals surface area contributed by atoms with Crippen LogP contribution in [0.1, 0.15) is 24.1 Å². The Morgan fingerprint density at radius 3 is 3.06 bits per heavy atom. The smallest absolute Gasteiger partial charge is 0.123 e. The van der Waals surface area contributed by atoms with E-state index in [-0.39, 0.29) is 5.82 Å². The summed E-state index contributed by atoms with van der Waals surface area (Å²) in [4.78, 5) is 4.17. The number of benzene rings is 1. The van der Waals surface area contributed by atoms with Crippen LogP contribution in [-0.4, -0.2) is 15.6 Å². The molecular weight excluding hydrogens is 229 g/mol. The van der Waals surface area contributed by atoms with Crippen molar-refractivity contribution in [3.63, 3.8) is 0 Å². The second kappa shape index (κ2) is 4.90. The molecule has 0 spiro atoms. The van der Waals surface area contributed by atoms with E-state index < -0.39 is 0 Å². The second-order valence-electron chi connectivity index (χ2n) is 4.80. The highest BCUT2D eigenvalue weighted by molar-refractivity contribution is 5.17. The maximum Gasteiger partial charge on any atom is 0.123 e.